The van der Waals surface area contributed by atoms with E-state index in [2.05, 4.69) is 10.5 Å². The van der Waals surface area contributed by atoms with E-state index in [0.717, 1.165) is 5.71 Å². The Labute approximate surface area is 92.9 Å². The molecule has 0 bridgehead atoms. The van der Waals surface area contributed by atoms with Crippen molar-refractivity contribution in [3.05, 3.63) is 28.2 Å². The normalized spacial score (nSPS) is 11.6. The van der Waals surface area contributed by atoms with Gasteiger partial charge < -0.3 is 5.73 Å². The highest BCUT2D eigenvalue weighted by Gasteiger charge is 1.99. The second-order valence-corrected chi connectivity index (χ2v) is 3.63. The number of nitrogens with one attached hydrogen (secondary N) is 1. The van der Waals surface area contributed by atoms with Crippen molar-refractivity contribution in [2.24, 2.45) is 10.8 Å². The van der Waals surface area contributed by atoms with Gasteiger partial charge in [-0.3, -0.25) is 5.43 Å². The summed E-state index contributed by atoms with van der Waals surface area (Å²) >= 11 is 11.7. The smallest absolute Gasteiger partial charge is 0.0762 e. The van der Waals surface area contributed by atoms with Crippen molar-refractivity contribution in [1.82, 2.24) is 0 Å². The van der Waals surface area contributed by atoms with Gasteiger partial charge in [0.25, 0.3) is 0 Å². The lowest BCUT2D eigenvalue weighted by Crippen LogP contribution is -2.11. The van der Waals surface area contributed by atoms with Gasteiger partial charge in [0.2, 0.25) is 0 Å². The first-order chi connectivity index (χ1) is 6.63. The Bertz CT molecular complexity index is 350. The number of anilines is 1. The Hall–Kier alpha value is -0.770. The number of rotatable bonds is 3. The van der Waals surface area contributed by atoms with Gasteiger partial charge >= 0.3 is 0 Å². The van der Waals surface area contributed by atoms with E-state index in [4.69, 9.17) is 28.9 Å². The summed E-state index contributed by atoms with van der Waals surface area (Å²) < 4.78 is 0. The molecule has 0 radical (unpaired) electrons. The third kappa shape index (κ3) is 3.18. The highest BCUT2D eigenvalue weighted by atomic mass is 35.5. The molecule has 0 saturated carbocycles. The number of benzene rings is 1. The van der Waals surface area contributed by atoms with Crippen LogP contribution in [0, 0.1) is 0 Å². The topological polar surface area (TPSA) is 50.4 Å². The van der Waals surface area contributed by atoms with Gasteiger partial charge in [0.15, 0.2) is 0 Å². The third-order valence-corrected chi connectivity index (χ3v) is 2.16. The predicted octanol–water partition coefficient (Wildman–Crippen LogP) is 2.74. The molecular formula is C9H11Cl2N3. The summed E-state index contributed by atoms with van der Waals surface area (Å²) in [5, 5.41) is 5.19. The summed E-state index contributed by atoms with van der Waals surface area (Å²) in [5.74, 6) is 0. The fourth-order valence-electron chi connectivity index (χ4n) is 0.784. The Morgan fingerprint density at radius 2 is 2.21 bits per heavy atom. The fourth-order valence-corrected chi connectivity index (χ4v) is 1.12. The maximum Gasteiger partial charge on any atom is 0.0762 e. The van der Waals surface area contributed by atoms with Gasteiger partial charge in [-0.15, -0.1) is 0 Å². The van der Waals surface area contributed by atoms with Crippen LogP contribution in [0.3, 0.4) is 0 Å². The van der Waals surface area contributed by atoms with Crippen LogP contribution in [0.15, 0.2) is 23.3 Å². The van der Waals surface area contributed by atoms with E-state index in [1.54, 1.807) is 18.2 Å². The number of hydrogen-bond donors (Lipinski definition) is 2. The molecule has 14 heavy (non-hydrogen) atoms. The molecule has 0 unspecified atom stereocenters. The Balaban J connectivity index is 2.81. The van der Waals surface area contributed by atoms with Gasteiger partial charge in [-0.05, 0) is 25.1 Å². The fraction of sp³-hybridized carbons (Fsp3) is 0.222. The van der Waals surface area contributed by atoms with E-state index in [1.807, 2.05) is 6.92 Å². The van der Waals surface area contributed by atoms with E-state index in [0.29, 0.717) is 22.3 Å². The molecule has 0 aliphatic heterocycles. The molecule has 3 N–H and O–H groups in total. The SMILES string of the molecule is C/C(CN)=N\Nc1cc(Cl)ccc1Cl. The highest BCUT2D eigenvalue weighted by Crippen LogP contribution is 2.25. The lowest BCUT2D eigenvalue weighted by molar-refractivity contribution is 1.23. The van der Waals surface area contributed by atoms with E-state index < -0.39 is 0 Å². The molecule has 0 saturated heterocycles. The van der Waals surface area contributed by atoms with Crippen molar-refractivity contribution >= 4 is 34.6 Å². The molecule has 1 aromatic rings. The van der Waals surface area contributed by atoms with E-state index in [9.17, 15) is 0 Å². The molecule has 0 spiro atoms. The first-order valence-electron chi connectivity index (χ1n) is 4.08. The average molecular weight is 232 g/mol. The van der Waals surface area contributed by atoms with E-state index in [1.165, 1.54) is 0 Å². The number of hydrogen-bond acceptors (Lipinski definition) is 3. The van der Waals surface area contributed by atoms with Gasteiger partial charge in [0, 0.05) is 17.3 Å². The zero-order valence-corrected chi connectivity index (χ0v) is 9.23. The average Bonchev–Trinajstić information content (AvgIpc) is 2.19. The first-order valence-corrected chi connectivity index (χ1v) is 4.83. The summed E-state index contributed by atoms with van der Waals surface area (Å²) in [6.07, 6.45) is 0. The molecule has 1 rings (SSSR count). The Kier molecular flexibility index (Phi) is 4.20. The molecule has 1 aromatic carbocycles. The van der Waals surface area contributed by atoms with Crippen molar-refractivity contribution < 1.29 is 0 Å². The van der Waals surface area contributed by atoms with Crippen LogP contribution in [0.2, 0.25) is 10.0 Å². The zero-order chi connectivity index (χ0) is 10.6. The second-order valence-electron chi connectivity index (χ2n) is 2.79. The minimum absolute atomic E-state index is 0.408. The summed E-state index contributed by atoms with van der Waals surface area (Å²) in [4.78, 5) is 0. The Morgan fingerprint density at radius 3 is 2.86 bits per heavy atom. The van der Waals surface area contributed by atoms with Crippen LogP contribution < -0.4 is 11.2 Å². The van der Waals surface area contributed by atoms with Crippen molar-refractivity contribution in [3.63, 3.8) is 0 Å². The number of nitrogens with zero attached hydrogens (tertiary/aromatic N) is 1. The molecule has 0 aliphatic rings. The van der Waals surface area contributed by atoms with E-state index in [-0.39, 0.29) is 0 Å². The second kappa shape index (κ2) is 5.20. The largest absolute Gasteiger partial charge is 0.325 e. The third-order valence-electron chi connectivity index (χ3n) is 1.59. The maximum absolute atomic E-state index is 5.90. The molecule has 5 heteroatoms. The summed E-state index contributed by atoms with van der Waals surface area (Å²) in [6.45, 7) is 2.23. The first kappa shape index (κ1) is 11.3. The van der Waals surface area contributed by atoms with Crippen molar-refractivity contribution in [3.8, 4) is 0 Å². The zero-order valence-electron chi connectivity index (χ0n) is 7.72. The molecule has 0 atom stereocenters. The van der Waals surface area contributed by atoms with Crippen LogP contribution >= 0.6 is 23.2 Å². The van der Waals surface area contributed by atoms with E-state index >= 15 is 0 Å². The van der Waals surface area contributed by atoms with Crippen LogP contribution in [0.4, 0.5) is 5.69 Å². The van der Waals surface area contributed by atoms with Crippen LogP contribution in [0.25, 0.3) is 0 Å². The molecule has 3 nitrogen and oxygen atoms in total. The molecule has 0 fully saturated rings. The summed E-state index contributed by atoms with van der Waals surface area (Å²) in [6, 6.07) is 5.13. The summed E-state index contributed by atoms with van der Waals surface area (Å²) in [7, 11) is 0. The van der Waals surface area contributed by atoms with Crippen LogP contribution in [0.1, 0.15) is 6.92 Å². The molecule has 0 amide bonds. The quantitative estimate of drug-likeness (QED) is 0.621. The molecule has 0 heterocycles. The highest BCUT2D eigenvalue weighted by molar-refractivity contribution is 6.35. The Morgan fingerprint density at radius 1 is 1.50 bits per heavy atom. The van der Waals surface area contributed by atoms with Crippen molar-refractivity contribution in [2.45, 2.75) is 6.92 Å². The molecular weight excluding hydrogens is 221 g/mol. The van der Waals surface area contributed by atoms with Gasteiger partial charge in [-0.25, -0.2) is 0 Å². The lowest BCUT2D eigenvalue weighted by atomic mass is 10.3. The number of halogens is 2. The van der Waals surface area contributed by atoms with Crippen molar-refractivity contribution in [2.75, 3.05) is 12.0 Å². The van der Waals surface area contributed by atoms with Crippen LogP contribution in [-0.4, -0.2) is 12.3 Å². The van der Waals surface area contributed by atoms with Crippen LogP contribution in [0.5, 0.6) is 0 Å². The number of hydrazone groups is 1. The lowest BCUT2D eigenvalue weighted by Gasteiger charge is -2.04. The monoisotopic (exact) mass is 231 g/mol. The molecule has 76 valence electrons. The van der Waals surface area contributed by atoms with Crippen LogP contribution in [-0.2, 0) is 0 Å². The van der Waals surface area contributed by atoms with Gasteiger partial charge in [-0.2, -0.15) is 5.10 Å². The summed E-state index contributed by atoms with van der Waals surface area (Å²) in [5.41, 5.74) is 9.64. The van der Waals surface area contributed by atoms with Gasteiger partial charge in [0.1, 0.15) is 0 Å². The molecule has 0 aromatic heterocycles. The minimum Gasteiger partial charge on any atom is -0.325 e. The maximum atomic E-state index is 5.90. The van der Waals surface area contributed by atoms with Gasteiger partial charge in [0.05, 0.1) is 10.7 Å². The van der Waals surface area contributed by atoms with Crippen molar-refractivity contribution in [1.29, 1.82) is 0 Å². The minimum atomic E-state index is 0.408. The number of nitrogens with two attached hydrogens (primary N) is 1. The van der Waals surface area contributed by atoms with Gasteiger partial charge in [-0.1, -0.05) is 23.2 Å². The predicted molar refractivity (Wildman–Crippen MR) is 62.2 cm³/mol. The standard InChI is InChI=1S/C9H11Cl2N3/c1-6(5-12)13-14-9-4-7(10)2-3-8(9)11/h2-4,14H,5,12H2,1H3/b13-6+. The molecule has 0 aliphatic carbocycles.